The van der Waals surface area contributed by atoms with Gasteiger partial charge in [0, 0.05) is 11.1 Å². The molecule has 20 heavy (non-hydrogen) atoms. The topological polar surface area (TPSA) is 89.6 Å². The number of aromatic nitrogens is 4. The molecule has 0 amide bonds. The van der Waals surface area contributed by atoms with Gasteiger partial charge in [0.05, 0.1) is 23.6 Å². The minimum atomic E-state index is 0.547. The standard InChI is InChI=1S/C13H12N6S/c14-19-12-6-15-9(5-16-12)7-20-13-10-3-1-2-4-11(10)17-8-18-13/h1-6,8H,7,14H2,(H,16,19). The lowest BCUT2D eigenvalue weighted by atomic mass is 10.2. The first kappa shape index (κ1) is 12.8. The molecule has 0 spiro atoms. The number of nitrogens with two attached hydrogens (primary N) is 1. The minimum absolute atomic E-state index is 0.547. The normalized spacial score (nSPS) is 10.7. The van der Waals surface area contributed by atoms with Gasteiger partial charge in [0.1, 0.15) is 11.4 Å². The average Bonchev–Trinajstić information content (AvgIpc) is 2.53. The SMILES string of the molecule is NNc1cnc(CSc2ncnc3ccccc23)cn1. The molecular weight excluding hydrogens is 272 g/mol. The third kappa shape index (κ3) is 2.68. The number of benzene rings is 1. The molecule has 0 atom stereocenters. The molecule has 0 aliphatic heterocycles. The summed E-state index contributed by atoms with van der Waals surface area (Å²) in [6.07, 6.45) is 4.89. The molecule has 0 aliphatic rings. The molecule has 100 valence electrons. The zero-order chi connectivity index (χ0) is 13.8. The summed E-state index contributed by atoms with van der Waals surface area (Å²) < 4.78 is 0. The molecule has 0 aliphatic carbocycles. The van der Waals surface area contributed by atoms with Gasteiger partial charge in [-0.05, 0) is 6.07 Å². The third-order valence-electron chi connectivity index (χ3n) is 2.72. The minimum Gasteiger partial charge on any atom is -0.307 e. The van der Waals surface area contributed by atoms with E-state index in [0.29, 0.717) is 11.6 Å². The van der Waals surface area contributed by atoms with E-state index in [1.807, 2.05) is 24.3 Å². The molecule has 0 fully saturated rings. The highest BCUT2D eigenvalue weighted by atomic mass is 32.2. The highest BCUT2D eigenvalue weighted by Gasteiger charge is 2.05. The largest absolute Gasteiger partial charge is 0.307 e. The van der Waals surface area contributed by atoms with E-state index in [0.717, 1.165) is 21.6 Å². The molecular formula is C13H12N6S. The Morgan fingerprint density at radius 3 is 2.75 bits per heavy atom. The fourth-order valence-electron chi connectivity index (χ4n) is 1.74. The van der Waals surface area contributed by atoms with Crippen LogP contribution in [0.15, 0.2) is 48.0 Å². The van der Waals surface area contributed by atoms with Crippen molar-refractivity contribution in [1.82, 2.24) is 19.9 Å². The van der Waals surface area contributed by atoms with E-state index in [-0.39, 0.29) is 0 Å². The summed E-state index contributed by atoms with van der Waals surface area (Å²) in [6, 6.07) is 7.94. The molecule has 3 rings (SSSR count). The van der Waals surface area contributed by atoms with E-state index in [1.54, 1.807) is 30.5 Å². The van der Waals surface area contributed by atoms with Crippen LogP contribution in [0.5, 0.6) is 0 Å². The van der Waals surface area contributed by atoms with Crippen molar-refractivity contribution in [3.63, 3.8) is 0 Å². The van der Waals surface area contributed by atoms with Crippen molar-refractivity contribution >= 4 is 28.5 Å². The van der Waals surface area contributed by atoms with Crippen molar-refractivity contribution in [1.29, 1.82) is 0 Å². The molecule has 2 aromatic heterocycles. The lowest BCUT2D eigenvalue weighted by molar-refractivity contribution is 1.07. The van der Waals surface area contributed by atoms with Crippen molar-refractivity contribution in [2.75, 3.05) is 5.43 Å². The van der Waals surface area contributed by atoms with Gasteiger partial charge in [-0.2, -0.15) is 0 Å². The van der Waals surface area contributed by atoms with E-state index in [4.69, 9.17) is 5.84 Å². The van der Waals surface area contributed by atoms with Gasteiger partial charge >= 0.3 is 0 Å². The number of hydrogen-bond acceptors (Lipinski definition) is 7. The van der Waals surface area contributed by atoms with Crippen LogP contribution >= 0.6 is 11.8 Å². The summed E-state index contributed by atoms with van der Waals surface area (Å²) in [6.45, 7) is 0. The maximum absolute atomic E-state index is 5.25. The molecule has 3 aromatic rings. The number of thioether (sulfide) groups is 1. The molecule has 7 heteroatoms. The monoisotopic (exact) mass is 284 g/mol. The molecule has 0 unspecified atom stereocenters. The number of hydrazine groups is 1. The first-order valence-corrected chi connectivity index (χ1v) is 6.95. The van der Waals surface area contributed by atoms with Gasteiger partial charge in [0.2, 0.25) is 0 Å². The van der Waals surface area contributed by atoms with Crippen LogP contribution in [0.1, 0.15) is 5.69 Å². The highest BCUT2D eigenvalue weighted by Crippen LogP contribution is 2.26. The summed E-state index contributed by atoms with van der Waals surface area (Å²) in [4.78, 5) is 17.0. The Bertz CT molecular complexity index is 710. The smallest absolute Gasteiger partial charge is 0.158 e. The predicted octanol–water partition coefficient (Wildman–Crippen LogP) is 2.00. The van der Waals surface area contributed by atoms with Crippen LogP contribution in [0.2, 0.25) is 0 Å². The van der Waals surface area contributed by atoms with Crippen molar-refractivity contribution in [3.8, 4) is 0 Å². The Morgan fingerprint density at radius 2 is 1.95 bits per heavy atom. The molecule has 3 N–H and O–H groups in total. The van der Waals surface area contributed by atoms with Crippen LogP contribution in [-0.2, 0) is 5.75 Å². The second-order valence-electron chi connectivity index (χ2n) is 4.02. The number of nitrogens with zero attached hydrogens (tertiary/aromatic N) is 4. The maximum atomic E-state index is 5.25. The molecule has 1 aromatic carbocycles. The van der Waals surface area contributed by atoms with Crippen molar-refractivity contribution in [2.24, 2.45) is 5.84 Å². The van der Waals surface area contributed by atoms with Gasteiger partial charge in [-0.1, -0.05) is 30.0 Å². The number of nitrogens with one attached hydrogen (secondary N) is 1. The predicted molar refractivity (Wildman–Crippen MR) is 78.9 cm³/mol. The van der Waals surface area contributed by atoms with Crippen LogP contribution in [0, 0.1) is 0 Å². The quantitative estimate of drug-likeness (QED) is 0.328. The summed E-state index contributed by atoms with van der Waals surface area (Å²) in [5.41, 5.74) is 4.27. The molecule has 0 saturated carbocycles. The van der Waals surface area contributed by atoms with Gasteiger partial charge in [0.25, 0.3) is 0 Å². The average molecular weight is 284 g/mol. The lowest BCUT2D eigenvalue weighted by Crippen LogP contribution is -2.08. The van der Waals surface area contributed by atoms with E-state index in [2.05, 4.69) is 25.4 Å². The molecule has 6 nitrogen and oxygen atoms in total. The number of para-hydroxylation sites is 1. The molecule has 2 heterocycles. The number of rotatable bonds is 4. The second kappa shape index (κ2) is 5.81. The van der Waals surface area contributed by atoms with Crippen LogP contribution in [0.3, 0.4) is 0 Å². The molecule has 0 bridgehead atoms. The Balaban J connectivity index is 1.79. The summed E-state index contributed by atoms with van der Waals surface area (Å²) in [7, 11) is 0. The summed E-state index contributed by atoms with van der Waals surface area (Å²) >= 11 is 1.61. The molecule has 0 saturated heterocycles. The van der Waals surface area contributed by atoms with Gasteiger partial charge in [-0.3, -0.25) is 4.98 Å². The van der Waals surface area contributed by atoms with Crippen LogP contribution in [-0.4, -0.2) is 19.9 Å². The van der Waals surface area contributed by atoms with E-state index >= 15 is 0 Å². The number of fused-ring (bicyclic) bond motifs is 1. The Labute approximate surface area is 119 Å². The Hall–Kier alpha value is -2.25. The maximum Gasteiger partial charge on any atom is 0.158 e. The van der Waals surface area contributed by atoms with Crippen LogP contribution < -0.4 is 11.3 Å². The van der Waals surface area contributed by atoms with Crippen LogP contribution in [0.4, 0.5) is 5.82 Å². The van der Waals surface area contributed by atoms with Crippen molar-refractivity contribution in [2.45, 2.75) is 10.8 Å². The fraction of sp³-hybridized carbons (Fsp3) is 0.0769. The fourth-order valence-corrected chi connectivity index (χ4v) is 2.62. The third-order valence-corrected chi connectivity index (χ3v) is 3.76. The Morgan fingerprint density at radius 1 is 1.05 bits per heavy atom. The number of hydrogen-bond donors (Lipinski definition) is 2. The zero-order valence-corrected chi connectivity index (χ0v) is 11.3. The van der Waals surface area contributed by atoms with Gasteiger partial charge in [-0.15, -0.1) is 0 Å². The first-order chi connectivity index (χ1) is 9.86. The van der Waals surface area contributed by atoms with E-state index < -0.39 is 0 Å². The van der Waals surface area contributed by atoms with Crippen molar-refractivity contribution < 1.29 is 0 Å². The van der Waals surface area contributed by atoms with Crippen LogP contribution in [0.25, 0.3) is 10.9 Å². The number of nitrogen functional groups attached to an aromatic ring is 1. The summed E-state index contributed by atoms with van der Waals surface area (Å²) in [5, 5.41) is 1.99. The second-order valence-corrected chi connectivity index (χ2v) is 4.99. The lowest BCUT2D eigenvalue weighted by Gasteiger charge is -2.04. The number of anilines is 1. The zero-order valence-electron chi connectivity index (χ0n) is 10.5. The van der Waals surface area contributed by atoms with Gasteiger partial charge in [-0.25, -0.2) is 20.8 Å². The molecule has 0 radical (unpaired) electrons. The highest BCUT2D eigenvalue weighted by molar-refractivity contribution is 7.98. The van der Waals surface area contributed by atoms with Gasteiger partial charge in [0.15, 0.2) is 5.82 Å². The van der Waals surface area contributed by atoms with E-state index in [1.165, 1.54) is 0 Å². The van der Waals surface area contributed by atoms with Gasteiger partial charge < -0.3 is 5.43 Å². The Kier molecular flexibility index (Phi) is 3.71. The summed E-state index contributed by atoms with van der Waals surface area (Å²) in [5.74, 6) is 6.49. The first-order valence-electron chi connectivity index (χ1n) is 5.97. The van der Waals surface area contributed by atoms with Crippen molar-refractivity contribution in [3.05, 3.63) is 48.7 Å². The van der Waals surface area contributed by atoms with E-state index in [9.17, 15) is 0 Å².